The molecule has 0 fully saturated rings. The van der Waals surface area contributed by atoms with Crippen molar-refractivity contribution in [2.45, 2.75) is 19.1 Å². The van der Waals surface area contributed by atoms with E-state index in [0.29, 0.717) is 17.5 Å². The number of nitrogens with zero attached hydrogens (tertiary/aromatic N) is 2. The maximum atomic E-state index is 12.7. The number of carbonyl (C=O) groups is 1. The van der Waals surface area contributed by atoms with Crippen LogP contribution in [-0.4, -0.2) is 21.7 Å². The van der Waals surface area contributed by atoms with E-state index in [9.17, 15) is 9.90 Å². The van der Waals surface area contributed by atoms with Gasteiger partial charge >= 0.3 is 0 Å². The number of halogens is 1. The Morgan fingerprint density at radius 1 is 1.18 bits per heavy atom. The fourth-order valence-electron chi connectivity index (χ4n) is 2.58. The first kappa shape index (κ1) is 14.9. The van der Waals surface area contributed by atoms with Gasteiger partial charge < -0.3 is 5.11 Å². The third-order valence-corrected chi connectivity index (χ3v) is 4.17. The van der Waals surface area contributed by atoms with Crippen LogP contribution in [0, 0.1) is 0 Å². The highest BCUT2D eigenvalue weighted by Gasteiger charge is 2.45. The lowest BCUT2D eigenvalue weighted by Gasteiger charge is -2.31. The summed E-state index contributed by atoms with van der Waals surface area (Å²) in [5.74, 6) is -0.317. The Bertz CT molecular complexity index is 728. The maximum Gasteiger partial charge on any atom is 0.276 e. The Hall–Kier alpha value is -1.98. The molecular formula is C17H15BrN2O2. The summed E-state index contributed by atoms with van der Waals surface area (Å²) in [6.07, 6.45) is 0.299. The fourth-order valence-corrected chi connectivity index (χ4v) is 2.84. The molecule has 5 heteroatoms. The van der Waals surface area contributed by atoms with Gasteiger partial charge in [0.1, 0.15) is 0 Å². The summed E-state index contributed by atoms with van der Waals surface area (Å²) in [5, 5.41) is 16.5. The first-order valence-electron chi connectivity index (χ1n) is 6.93. The van der Waals surface area contributed by atoms with Crippen molar-refractivity contribution in [3.63, 3.8) is 0 Å². The molecule has 22 heavy (non-hydrogen) atoms. The van der Waals surface area contributed by atoms with E-state index in [1.165, 1.54) is 5.01 Å². The van der Waals surface area contributed by atoms with Gasteiger partial charge in [-0.25, -0.2) is 0 Å². The molecule has 112 valence electrons. The molecule has 1 N–H and O–H groups in total. The molecule has 1 heterocycles. The maximum absolute atomic E-state index is 12.7. The van der Waals surface area contributed by atoms with Gasteiger partial charge in [0.25, 0.3) is 5.91 Å². The van der Waals surface area contributed by atoms with E-state index in [4.69, 9.17) is 0 Å². The lowest BCUT2D eigenvalue weighted by Crippen LogP contribution is -2.43. The van der Waals surface area contributed by atoms with Crippen molar-refractivity contribution < 1.29 is 9.90 Å². The van der Waals surface area contributed by atoms with Crippen LogP contribution >= 0.6 is 15.9 Å². The molecule has 1 amide bonds. The molecule has 0 radical (unpaired) electrons. The molecule has 1 aliphatic heterocycles. The van der Waals surface area contributed by atoms with E-state index in [2.05, 4.69) is 21.0 Å². The quantitative estimate of drug-likeness (QED) is 0.892. The van der Waals surface area contributed by atoms with Gasteiger partial charge in [-0.1, -0.05) is 46.3 Å². The molecular weight excluding hydrogens is 344 g/mol. The summed E-state index contributed by atoms with van der Waals surface area (Å²) >= 11 is 3.37. The summed E-state index contributed by atoms with van der Waals surface area (Å²) < 4.78 is 0.913. The molecule has 0 aliphatic carbocycles. The Morgan fingerprint density at radius 3 is 2.45 bits per heavy atom. The van der Waals surface area contributed by atoms with Crippen molar-refractivity contribution in [3.05, 3.63) is 70.2 Å². The zero-order valence-electron chi connectivity index (χ0n) is 12.0. The van der Waals surface area contributed by atoms with Crippen LogP contribution in [0.2, 0.25) is 0 Å². The van der Waals surface area contributed by atoms with Gasteiger partial charge in [0, 0.05) is 27.7 Å². The Labute approximate surface area is 137 Å². The number of benzene rings is 2. The van der Waals surface area contributed by atoms with Crippen LogP contribution in [0.4, 0.5) is 0 Å². The van der Waals surface area contributed by atoms with Gasteiger partial charge in [-0.15, -0.1) is 0 Å². The van der Waals surface area contributed by atoms with Gasteiger partial charge in [0.15, 0.2) is 5.72 Å². The Kier molecular flexibility index (Phi) is 3.85. The average Bonchev–Trinajstić information content (AvgIpc) is 2.84. The predicted molar refractivity (Wildman–Crippen MR) is 88.4 cm³/mol. The van der Waals surface area contributed by atoms with E-state index < -0.39 is 5.72 Å². The molecule has 1 atom stereocenters. The van der Waals surface area contributed by atoms with Crippen LogP contribution in [0.25, 0.3) is 0 Å². The monoisotopic (exact) mass is 358 g/mol. The van der Waals surface area contributed by atoms with Crippen LogP contribution in [-0.2, 0) is 5.72 Å². The first-order chi connectivity index (χ1) is 10.5. The van der Waals surface area contributed by atoms with Crippen molar-refractivity contribution in [1.82, 2.24) is 5.01 Å². The number of hydrazone groups is 1. The van der Waals surface area contributed by atoms with Gasteiger partial charge in [-0.2, -0.15) is 10.1 Å². The van der Waals surface area contributed by atoms with Crippen LogP contribution in [0.3, 0.4) is 0 Å². The highest BCUT2D eigenvalue weighted by atomic mass is 79.9. The molecule has 0 spiro atoms. The predicted octanol–water partition coefficient (Wildman–Crippen LogP) is 3.52. The topological polar surface area (TPSA) is 52.9 Å². The van der Waals surface area contributed by atoms with Crippen LogP contribution in [0.15, 0.2) is 64.2 Å². The molecule has 4 nitrogen and oxygen atoms in total. The molecule has 0 aromatic heterocycles. The molecule has 0 saturated heterocycles. The van der Waals surface area contributed by atoms with Crippen LogP contribution in [0.5, 0.6) is 0 Å². The lowest BCUT2D eigenvalue weighted by atomic mass is 9.97. The molecule has 2 aromatic rings. The standard InChI is InChI=1S/C17H15BrN2O2/c1-12-11-17(22,14-7-9-15(18)10-8-14)20(19-12)16(21)13-5-3-2-4-6-13/h2-10,22H,11H2,1H3/t17-/m1/s1. The highest BCUT2D eigenvalue weighted by molar-refractivity contribution is 9.10. The van der Waals surface area contributed by atoms with Gasteiger partial charge in [-0.05, 0) is 31.2 Å². The number of carbonyl (C=O) groups excluding carboxylic acids is 1. The van der Waals surface area contributed by atoms with Crippen molar-refractivity contribution in [3.8, 4) is 0 Å². The summed E-state index contributed by atoms with van der Waals surface area (Å²) in [5.41, 5.74) is 0.407. The van der Waals surface area contributed by atoms with Gasteiger partial charge in [-0.3, -0.25) is 4.79 Å². The number of rotatable bonds is 2. The lowest BCUT2D eigenvalue weighted by molar-refractivity contribution is -0.0765. The molecule has 0 bridgehead atoms. The fraction of sp³-hybridized carbons (Fsp3) is 0.176. The van der Waals surface area contributed by atoms with Crippen molar-refractivity contribution in [2.24, 2.45) is 5.10 Å². The third kappa shape index (κ3) is 2.58. The number of aliphatic hydroxyl groups is 1. The molecule has 1 aliphatic rings. The van der Waals surface area contributed by atoms with Crippen molar-refractivity contribution in [2.75, 3.05) is 0 Å². The smallest absolute Gasteiger partial charge is 0.276 e. The average molecular weight is 359 g/mol. The van der Waals surface area contributed by atoms with E-state index in [0.717, 1.165) is 10.2 Å². The van der Waals surface area contributed by atoms with E-state index in [-0.39, 0.29) is 5.91 Å². The van der Waals surface area contributed by atoms with Crippen molar-refractivity contribution in [1.29, 1.82) is 0 Å². The van der Waals surface area contributed by atoms with E-state index in [1.807, 2.05) is 25.1 Å². The largest absolute Gasteiger partial charge is 0.365 e. The summed E-state index contributed by atoms with van der Waals surface area (Å²) in [6.45, 7) is 1.81. The molecule has 0 saturated carbocycles. The Balaban J connectivity index is 2.01. The first-order valence-corrected chi connectivity index (χ1v) is 7.72. The normalized spacial score (nSPS) is 20.9. The zero-order valence-corrected chi connectivity index (χ0v) is 13.6. The summed E-state index contributed by atoms with van der Waals surface area (Å²) in [7, 11) is 0. The zero-order chi connectivity index (χ0) is 15.7. The van der Waals surface area contributed by atoms with Crippen LogP contribution in [0.1, 0.15) is 29.3 Å². The minimum atomic E-state index is -1.45. The number of hydrogen-bond acceptors (Lipinski definition) is 3. The second-order valence-electron chi connectivity index (χ2n) is 5.32. The molecule has 2 aromatic carbocycles. The second kappa shape index (κ2) is 5.66. The second-order valence-corrected chi connectivity index (χ2v) is 6.23. The Morgan fingerprint density at radius 2 is 1.82 bits per heavy atom. The molecule has 0 unspecified atom stereocenters. The SMILES string of the molecule is CC1=NN(C(=O)c2ccccc2)[C@](O)(c2ccc(Br)cc2)C1. The van der Waals surface area contributed by atoms with E-state index >= 15 is 0 Å². The summed E-state index contributed by atoms with van der Waals surface area (Å²) in [4.78, 5) is 12.7. The van der Waals surface area contributed by atoms with Crippen molar-refractivity contribution >= 4 is 27.5 Å². The number of hydrogen-bond donors (Lipinski definition) is 1. The van der Waals surface area contributed by atoms with E-state index in [1.54, 1.807) is 36.4 Å². The van der Waals surface area contributed by atoms with Crippen LogP contribution < -0.4 is 0 Å². The van der Waals surface area contributed by atoms with Gasteiger partial charge in [0.2, 0.25) is 0 Å². The highest BCUT2D eigenvalue weighted by Crippen LogP contribution is 2.36. The number of amides is 1. The summed E-state index contributed by atoms with van der Waals surface area (Å²) in [6, 6.07) is 16.1. The minimum absolute atomic E-state index is 0.299. The minimum Gasteiger partial charge on any atom is -0.365 e. The third-order valence-electron chi connectivity index (χ3n) is 3.64. The van der Waals surface area contributed by atoms with Gasteiger partial charge in [0.05, 0.1) is 0 Å². The molecule has 3 rings (SSSR count).